The second-order valence-electron chi connectivity index (χ2n) is 4.41. The summed E-state index contributed by atoms with van der Waals surface area (Å²) in [5.41, 5.74) is 6.67. The van der Waals surface area contributed by atoms with Crippen molar-refractivity contribution in [3.8, 4) is 0 Å². The Morgan fingerprint density at radius 1 is 1.28 bits per heavy atom. The Balaban J connectivity index is 0.00000162. The molecule has 0 saturated carbocycles. The molecule has 2 N–H and O–H groups in total. The Labute approximate surface area is 119 Å². The van der Waals surface area contributed by atoms with E-state index in [9.17, 15) is 4.79 Å². The summed E-state index contributed by atoms with van der Waals surface area (Å²) in [6.07, 6.45) is 2.01. The highest BCUT2D eigenvalue weighted by atomic mass is 35.5. The molecule has 1 aliphatic rings. The van der Waals surface area contributed by atoms with E-state index in [1.165, 1.54) is 5.56 Å². The van der Waals surface area contributed by atoms with Gasteiger partial charge in [-0.15, -0.1) is 12.4 Å². The Morgan fingerprint density at radius 2 is 1.83 bits per heavy atom. The van der Waals surface area contributed by atoms with Crippen LogP contribution in [0.15, 0.2) is 24.3 Å². The van der Waals surface area contributed by atoms with Gasteiger partial charge in [-0.2, -0.15) is 0 Å². The van der Waals surface area contributed by atoms with Crippen molar-refractivity contribution in [2.45, 2.75) is 18.8 Å². The molecule has 1 saturated heterocycles. The molecule has 1 aromatic carbocycles. The molecule has 1 fully saturated rings. The third-order valence-corrected chi connectivity index (χ3v) is 3.62. The third kappa shape index (κ3) is 3.61. The molecule has 1 aliphatic heterocycles. The number of nitrogens with two attached hydrogens (primary N) is 1. The first-order valence-electron chi connectivity index (χ1n) is 5.94. The van der Waals surface area contributed by atoms with Crippen LogP contribution in [-0.4, -0.2) is 30.4 Å². The van der Waals surface area contributed by atoms with Gasteiger partial charge in [0.15, 0.2) is 0 Å². The fourth-order valence-corrected chi connectivity index (χ4v) is 2.45. The van der Waals surface area contributed by atoms with Gasteiger partial charge < -0.3 is 10.6 Å². The maximum absolute atomic E-state index is 11.4. The molecule has 18 heavy (non-hydrogen) atoms. The Hall–Kier alpha value is -0.770. The number of likely N-dealkylation sites (tertiary alicyclic amines) is 1. The van der Waals surface area contributed by atoms with E-state index in [-0.39, 0.29) is 24.9 Å². The molecule has 0 aromatic heterocycles. The van der Waals surface area contributed by atoms with Crippen molar-refractivity contribution in [2.24, 2.45) is 5.73 Å². The zero-order valence-electron chi connectivity index (χ0n) is 10.1. The molecule has 1 aromatic rings. The number of rotatable bonds is 2. The van der Waals surface area contributed by atoms with Gasteiger partial charge in [-0.25, -0.2) is 0 Å². The van der Waals surface area contributed by atoms with E-state index in [0.717, 1.165) is 31.0 Å². The van der Waals surface area contributed by atoms with Crippen LogP contribution in [0, 0.1) is 0 Å². The molecule has 0 spiro atoms. The quantitative estimate of drug-likeness (QED) is 0.909. The molecule has 2 rings (SSSR count). The number of hydrogen-bond acceptors (Lipinski definition) is 2. The molecular weight excluding hydrogens is 271 g/mol. The minimum Gasteiger partial charge on any atom is -0.342 e. The van der Waals surface area contributed by atoms with Gasteiger partial charge in [0.1, 0.15) is 0 Å². The largest absolute Gasteiger partial charge is 0.342 e. The lowest BCUT2D eigenvalue weighted by atomic mass is 9.89. The SMILES string of the molecule is Cl.NCC(=O)N1CCC(c2ccc(Cl)cc2)CC1. The standard InChI is InChI=1S/C13H17ClN2O.ClH/c14-12-3-1-10(2-4-12)11-5-7-16(8-6-11)13(17)9-15;/h1-4,11H,5-9,15H2;1H. The summed E-state index contributed by atoms with van der Waals surface area (Å²) < 4.78 is 0. The van der Waals surface area contributed by atoms with Crippen LogP contribution in [0.1, 0.15) is 24.3 Å². The highest BCUT2D eigenvalue weighted by Crippen LogP contribution is 2.28. The number of benzene rings is 1. The van der Waals surface area contributed by atoms with E-state index in [4.69, 9.17) is 17.3 Å². The highest BCUT2D eigenvalue weighted by molar-refractivity contribution is 6.30. The molecule has 0 aliphatic carbocycles. The van der Waals surface area contributed by atoms with Crippen LogP contribution in [0.2, 0.25) is 5.02 Å². The van der Waals surface area contributed by atoms with Gasteiger partial charge in [0.2, 0.25) is 5.91 Å². The zero-order chi connectivity index (χ0) is 12.3. The van der Waals surface area contributed by atoms with E-state index in [1.807, 2.05) is 17.0 Å². The van der Waals surface area contributed by atoms with Crippen LogP contribution in [0.4, 0.5) is 0 Å². The smallest absolute Gasteiger partial charge is 0.236 e. The lowest BCUT2D eigenvalue weighted by Crippen LogP contribution is -2.41. The molecule has 0 atom stereocenters. The first-order chi connectivity index (χ1) is 8.20. The lowest BCUT2D eigenvalue weighted by Gasteiger charge is -2.32. The van der Waals surface area contributed by atoms with Crippen LogP contribution in [0.5, 0.6) is 0 Å². The van der Waals surface area contributed by atoms with E-state index >= 15 is 0 Å². The average Bonchev–Trinajstić information content (AvgIpc) is 2.39. The molecule has 0 radical (unpaired) electrons. The van der Waals surface area contributed by atoms with E-state index in [2.05, 4.69) is 12.1 Å². The minimum absolute atomic E-state index is 0. The van der Waals surface area contributed by atoms with Gasteiger partial charge in [-0.1, -0.05) is 23.7 Å². The summed E-state index contributed by atoms with van der Waals surface area (Å²) in [6, 6.07) is 8.00. The van der Waals surface area contributed by atoms with Gasteiger partial charge in [0.05, 0.1) is 6.54 Å². The number of hydrogen-bond donors (Lipinski definition) is 1. The van der Waals surface area contributed by atoms with Crippen LogP contribution in [-0.2, 0) is 4.79 Å². The normalized spacial score (nSPS) is 16.2. The Kier molecular flexibility index (Phi) is 5.93. The zero-order valence-corrected chi connectivity index (χ0v) is 11.7. The second kappa shape index (κ2) is 6.98. The van der Waals surface area contributed by atoms with E-state index in [1.54, 1.807) is 0 Å². The van der Waals surface area contributed by atoms with Crippen LogP contribution in [0.3, 0.4) is 0 Å². The molecule has 100 valence electrons. The van der Waals surface area contributed by atoms with Gasteiger partial charge in [-0.05, 0) is 36.5 Å². The monoisotopic (exact) mass is 288 g/mol. The summed E-state index contributed by atoms with van der Waals surface area (Å²) in [7, 11) is 0. The topological polar surface area (TPSA) is 46.3 Å². The summed E-state index contributed by atoms with van der Waals surface area (Å²) >= 11 is 5.87. The van der Waals surface area contributed by atoms with Gasteiger partial charge >= 0.3 is 0 Å². The minimum atomic E-state index is 0. The number of nitrogens with zero attached hydrogens (tertiary/aromatic N) is 1. The fourth-order valence-electron chi connectivity index (χ4n) is 2.33. The summed E-state index contributed by atoms with van der Waals surface area (Å²) in [6.45, 7) is 1.73. The van der Waals surface area contributed by atoms with E-state index < -0.39 is 0 Å². The predicted molar refractivity (Wildman–Crippen MR) is 76.3 cm³/mol. The van der Waals surface area contributed by atoms with Crippen molar-refractivity contribution in [2.75, 3.05) is 19.6 Å². The maximum atomic E-state index is 11.4. The molecule has 3 nitrogen and oxygen atoms in total. The van der Waals surface area contributed by atoms with Gasteiger partial charge in [0, 0.05) is 18.1 Å². The van der Waals surface area contributed by atoms with Gasteiger partial charge in [0.25, 0.3) is 0 Å². The maximum Gasteiger partial charge on any atom is 0.236 e. The Morgan fingerprint density at radius 3 is 2.33 bits per heavy atom. The number of piperidine rings is 1. The molecule has 0 bridgehead atoms. The third-order valence-electron chi connectivity index (χ3n) is 3.36. The number of carbonyl (C=O) groups is 1. The molecule has 1 amide bonds. The van der Waals surface area contributed by atoms with Crippen LogP contribution < -0.4 is 5.73 Å². The van der Waals surface area contributed by atoms with Gasteiger partial charge in [-0.3, -0.25) is 4.79 Å². The second-order valence-corrected chi connectivity index (χ2v) is 4.85. The van der Waals surface area contributed by atoms with Crippen molar-refractivity contribution in [3.05, 3.63) is 34.9 Å². The number of carbonyl (C=O) groups excluding carboxylic acids is 1. The molecule has 1 heterocycles. The summed E-state index contributed by atoms with van der Waals surface area (Å²) in [5, 5.41) is 0.768. The first kappa shape index (κ1) is 15.3. The molecule has 0 unspecified atom stereocenters. The lowest BCUT2D eigenvalue weighted by molar-refractivity contribution is -0.130. The van der Waals surface area contributed by atoms with Crippen molar-refractivity contribution in [1.82, 2.24) is 4.90 Å². The van der Waals surface area contributed by atoms with Crippen molar-refractivity contribution < 1.29 is 4.79 Å². The Bertz CT molecular complexity index is 386. The highest BCUT2D eigenvalue weighted by Gasteiger charge is 2.22. The predicted octanol–water partition coefficient (Wildman–Crippen LogP) is 2.43. The average molecular weight is 289 g/mol. The number of amides is 1. The molecule has 5 heteroatoms. The van der Waals surface area contributed by atoms with Crippen LogP contribution in [0.25, 0.3) is 0 Å². The first-order valence-corrected chi connectivity index (χ1v) is 6.32. The van der Waals surface area contributed by atoms with Crippen molar-refractivity contribution in [3.63, 3.8) is 0 Å². The van der Waals surface area contributed by atoms with E-state index in [0.29, 0.717) is 5.92 Å². The number of halogens is 2. The van der Waals surface area contributed by atoms with Crippen LogP contribution >= 0.6 is 24.0 Å². The van der Waals surface area contributed by atoms with Crippen molar-refractivity contribution >= 4 is 29.9 Å². The van der Waals surface area contributed by atoms with Crippen molar-refractivity contribution in [1.29, 1.82) is 0 Å². The summed E-state index contributed by atoms with van der Waals surface area (Å²) in [5.74, 6) is 0.591. The molecular formula is C13H18Cl2N2O. The summed E-state index contributed by atoms with van der Waals surface area (Å²) in [4.78, 5) is 13.3. The fraction of sp³-hybridized carbons (Fsp3) is 0.462.